The van der Waals surface area contributed by atoms with Gasteiger partial charge in [0.1, 0.15) is 0 Å². The summed E-state index contributed by atoms with van der Waals surface area (Å²) < 4.78 is 0. The first-order chi connectivity index (χ1) is 8.56. The van der Waals surface area contributed by atoms with Crippen LogP contribution in [0.1, 0.15) is 32.1 Å². The number of nitrogens with one attached hydrogen (secondary N) is 3. The molecule has 0 heterocycles. The Hall–Kier alpha value is -1.79. The summed E-state index contributed by atoms with van der Waals surface area (Å²) in [4.78, 5) is 32.2. The highest BCUT2D eigenvalue weighted by molar-refractivity contribution is 5.83. The molecular weight excluding hydrogens is 238 g/mol. The van der Waals surface area contributed by atoms with E-state index in [0.717, 1.165) is 19.3 Å². The molecular formula is C11H21N3O4. The van der Waals surface area contributed by atoms with E-state index in [0.29, 0.717) is 13.0 Å². The second kappa shape index (κ2) is 10.4. The van der Waals surface area contributed by atoms with E-state index in [1.54, 1.807) is 0 Å². The third-order valence-electron chi connectivity index (χ3n) is 2.29. The Bertz CT molecular complexity index is 281. The molecule has 0 saturated heterocycles. The molecule has 0 atom stereocenters. The van der Waals surface area contributed by atoms with Crippen LogP contribution in [0, 0.1) is 0 Å². The third kappa shape index (κ3) is 10.7. The number of amides is 3. The highest BCUT2D eigenvalue weighted by Gasteiger charge is 2.02. The number of likely N-dealkylation sites (N-methyl/N-ethyl adjacent to an activating group) is 1. The van der Waals surface area contributed by atoms with Crippen molar-refractivity contribution in [2.75, 3.05) is 20.1 Å². The molecule has 4 N–H and O–H groups in total. The molecule has 0 unspecified atom stereocenters. The van der Waals surface area contributed by atoms with Crippen molar-refractivity contribution in [2.45, 2.75) is 32.1 Å². The zero-order valence-corrected chi connectivity index (χ0v) is 10.6. The maximum absolute atomic E-state index is 11.2. The zero-order valence-electron chi connectivity index (χ0n) is 10.6. The molecule has 0 aliphatic heterocycles. The summed E-state index contributed by atoms with van der Waals surface area (Å²) in [6.07, 6.45) is 3.38. The minimum atomic E-state index is -0.776. The molecule has 0 aliphatic carbocycles. The lowest BCUT2D eigenvalue weighted by atomic mass is 10.1. The molecule has 0 aromatic rings. The summed E-state index contributed by atoms with van der Waals surface area (Å²) in [6.45, 7) is 0.480. The predicted molar refractivity (Wildman–Crippen MR) is 66.2 cm³/mol. The van der Waals surface area contributed by atoms with Gasteiger partial charge >= 0.3 is 12.0 Å². The minimum absolute atomic E-state index is 0.0407. The van der Waals surface area contributed by atoms with E-state index in [9.17, 15) is 14.4 Å². The van der Waals surface area contributed by atoms with Crippen LogP contribution in [0.5, 0.6) is 0 Å². The fourth-order valence-corrected chi connectivity index (χ4v) is 1.27. The number of unbranched alkanes of at least 4 members (excludes halogenated alkanes) is 3. The first kappa shape index (κ1) is 16.2. The first-order valence-electron chi connectivity index (χ1n) is 6.00. The Morgan fingerprint density at radius 1 is 1.00 bits per heavy atom. The normalized spacial score (nSPS) is 9.61. The summed E-state index contributed by atoms with van der Waals surface area (Å²) in [7, 11) is 1.50. The van der Waals surface area contributed by atoms with Crippen molar-refractivity contribution in [3.8, 4) is 0 Å². The molecule has 0 rings (SSSR count). The van der Waals surface area contributed by atoms with Gasteiger partial charge in [0.05, 0.1) is 6.54 Å². The maximum Gasteiger partial charge on any atom is 0.315 e. The quantitative estimate of drug-likeness (QED) is 0.439. The molecule has 18 heavy (non-hydrogen) atoms. The lowest BCUT2D eigenvalue weighted by Gasteiger charge is -2.06. The molecule has 7 nitrogen and oxygen atoms in total. The lowest BCUT2D eigenvalue weighted by Crippen LogP contribution is -2.41. The maximum atomic E-state index is 11.2. The van der Waals surface area contributed by atoms with E-state index in [1.165, 1.54) is 7.05 Å². The Morgan fingerprint density at radius 2 is 1.67 bits per heavy atom. The number of carboxylic acids is 1. The fourth-order valence-electron chi connectivity index (χ4n) is 1.27. The lowest BCUT2D eigenvalue weighted by molar-refractivity contribution is -0.137. The number of urea groups is 1. The number of hydrogen-bond donors (Lipinski definition) is 4. The Labute approximate surface area is 106 Å². The topological polar surface area (TPSA) is 108 Å². The number of aliphatic carboxylic acids is 1. The molecule has 0 spiro atoms. The largest absolute Gasteiger partial charge is 0.481 e. The molecule has 0 aromatic heterocycles. The fraction of sp³-hybridized carbons (Fsp3) is 0.727. The minimum Gasteiger partial charge on any atom is -0.481 e. The van der Waals surface area contributed by atoms with Crippen molar-refractivity contribution < 1.29 is 19.5 Å². The zero-order chi connectivity index (χ0) is 13.8. The van der Waals surface area contributed by atoms with Gasteiger partial charge in [-0.3, -0.25) is 9.59 Å². The van der Waals surface area contributed by atoms with Crippen molar-refractivity contribution >= 4 is 17.9 Å². The van der Waals surface area contributed by atoms with Gasteiger partial charge in [0.2, 0.25) is 5.91 Å². The van der Waals surface area contributed by atoms with Crippen molar-refractivity contribution in [3.63, 3.8) is 0 Å². The summed E-state index contributed by atoms with van der Waals surface area (Å²) in [5.74, 6) is -1.03. The van der Waals surface area contributed by atoms with E-state index in [-0.39, 0.29) is 24.9 Å². The van der Waals surface area contributed by atoms with Gasteiger partial charge in [0.15, 0.2) is 0 Å². The number of carbonyl (C=O) groups excluding carboxylic acids is 2. The standard InChI is InChI=1S/C11H21N3O4/c1-12-9(15)8-14-11(18)13-7-5-3-2-4-6-10(16)17/h2-8H2,1H3,(H,12,15)(H,16,17)(H2,13,14,18). The van der Waals surface area contributed by atoms with Gasteiger partial charge < -0.3 is 21.1 Å². The molecule has 7 heteroatoms. The number of carbonyl (C=O) groups is 3. The Balaban J connectivity index is 3.30. The summed E-state index contributed by atoms with van der Waals surface area (Å²) in [5, 5.41) is 15.8. The molecule has 0 aliphatic rings. The molecule has 3 amide bonds. The molecule has 104 valence electrons. The molecule has 0 radical (unpaired) electrons. The average molecular weight is 259 g/mol. The van der Waals surface area contributed by atoms with Crippen LogP contribution in [0.25, 0.3) is 0 Å². The summed E-state index contributed by atoms with van der Waals surface area (Å²) >= 11 is 0. The summed E-state index contributed by atoms with van der Waals surface area (Å²) in [5.41, 5.74) is 0. The molecule has 0 bridgehead atoms. The second-order valence-corrected chi connectivity index (χ2v) is 3.84. The first-order valence-corrected chi connectivity index (χ1v) is 6.00. The van der Waals surface area contributed by atoms with Crippen LogP contribution in [-0.4, -0.2) is 43.2 Å². The monoisotopic (exact) mass is 259 g/mol. The van der Waals surface area contributed by atoms with E-state index < -0.39 is 5.97 Å². The number of rotatable bonds is 9. The third-order valence-corrected chi connectivity index (χ3v) is 2.29. The van der Waals surface area contributed by atoms with Crippen molar-refractivity contribution in [1.29, 1.82) is 0 Å². The average Bonchev–Trinajstić information content (AvgIpc) is 2.34. The molecule has 0 aromatic carbocycles. The Kier molecular flexibility index (Phi) is 9.34. The highest BCUT2D eigenvalue weighted by atomic mass is 16.4. The van der Waals surface area contributed by atoms with Crippen LogP contribution in [-0.2, 0) is 9.59 Å². The van der Waals surface area contributed by atoms with E-state index >= 15 is 0 Å². The van der Waals surface area contributed by atoms with Crippen LogP contribution >= 0.6 is 0 Å². The van der Waals surface area contributed by atoms with E-state index in [4.69, 9.17) is 5.11 Å². The van der Waals surface area contributed by atoms with Gasteiger partial charge in [-0.15, -0.1) is 0 Å². The van der Waals surface area contributed by atoms with Crippen LogP contribution in [0.15, 0.2) is 0 Å². The van der Waals surface area contributed by atoms with Crippen molar-refractivity contribution in [2.24, 2.45) is 0 Å². The smallest absolute Gasteiger partial charge is 0.315 e. The van der Waals surface area contributed by atoms with Gasteiger partial charge in [-0.25, -0.2) is 4.79 Å². The molecule has 0 fully saturated rings. The van der Waals surface area contributed by atoms with Crippen molar-refractivity contribution in [1.82, 2.24) is 16.0 Å². The van der Waals surface area contributed by atoms with Gasteiger partial charge in [-0.05, 0) is 12.8 Å². The van der Waals surface area contributed by atoms with Crippen LogP contribution < -0.4 is 16.0 Å². The summed E-state index contributed by atoms with van der Waals surface area (Å²) in [6, 6.07) is -0.371. The van der Waals surface area contributed by atoms with Gasteiger partial charge in [-0.2, -0.15) is 0 Å². The second-order valence-electron chi connectivity index (χ2n) is 3.84. The number of hydrogen-bond acceptors (Lipinski definition) is 3. The van der Waals surface area contributed by atoms with Crippen LogP contribution in [0.2, 0.25) is 0 Å². The van der Waals surface area contributed by atoms with E-state index in [1.807, 2.05) is 0 Å². The van der Waals surface area contributed by atoms with Gasteiger partial charge in [0, 0.05) is 20.0 Å². The van der Waals surface area contributed by atoms with E-state index in [2.05, 4.69) is 16.0 Å². The Morgan fingerprint density at radius 3 is 2.28 bits per heavy atom. The number of carboxylic acid groups (broad SMARTS) is 1. The molecule has 0 saturated carbocycles. The van der Waals surface area contributed by atoms with Gasteiger partial charge in [-0.1, -0.05) is 12.8 Å². The highest BCUT2D eigenvalue weighted by Crippen LogP contribution is 2.01. The van der Waals surface area contributed by atoms with Crippen LogP contribution in [0.3, 0.4) is 0 Å². The van der Waals surface area contributed by atoms with Crippen molar-refractivity contribution in [3.05, 3.63) is 0 Å². The predicted octanol–water partition coefficient (Wildman–Crippen LogP) is 0.0667. The van der Waals surface area contributed by atoms with Crippen LogP contribution in [0.4, 0.5) is 4.79 Å². The van der Waals surface area contributed by atoms with Gasteiger partial charge in [0.25, 0.3) is 0 Å². The SMILES string of the molecule is CNC(=O)CNC(=O)NCCCCCCC(=O)O.